The smallest absolute Gasteiger partial charge is 0.212 e. The van der Waals surface area contributed by atoms with E-state index in [0.717, 1.165) is 5.57 Å². The van der Waals surface area contributed by atoms with E-state index in [9.17, 15) is 9.59 Å². The van der Waals surface area contributed by atoms with Gasteiger partial charge in [-0.15, -0.1) is 0 Å². The number of allylic oxidation sites excluding steroid dienone is 2. The van der Waals surface area contributed by atoms with Crippen LogP contribution in [-0.4, -0.2) is 17.6 Å². The molecule has 24 heavy (non-hydrogen) atoms. The lowest BCUT2D eigenvalue weighted by molar-refractivity contribution is 0.0970. The fourth-order valence-electron chi connectivity index (χ4n) is 2.66. The van der Waals surface area contributed by atoms with Crippen LogP contribution < -0.4 is 34.4 Å². The monoisotopic (exact) mass is 330 g/mol. The van der Waals surface area contributed by atoms with Crippen molar-refractivity contribution in [2.75, 3.05) is 22.9 Å². The molecule has 0 aliphatic heterocycles. The van der Waals surface area contributed by atoms with Gasteiger partial charge in [-0.25, -0.2) is 0 Å². The summed E-state index contributed by atoms with van der Waals surface area (Å²) >= 11 is 0. The Kier molecular flexibility index (Phi) is 4.26. The van der Waals surface area contributed by atoms with Gasteiger partial charge in [-0.1, -0.05) is 11.6 Å². The molecule has 12 N–H and O–H groups in total. The third kappa shape index (κ3) is 2.46. The van der Waals surface area contributed by atoms with E-state index in [2.05, 4.69) is 0 Å². The number of nitrogens with two attached hydrogens (primary N) is 6. The second-order valence-electron chi connectivity index (χ2n) is 6.01. The van der Waals surface area contributed by atoms with E-state index < -0.39 is 17.6 Å². The fraction of sp³-hybridized carbons (Fsp3) is 0.250. The molecule has 8 heteroatoms. The van der Waals surface area contributed by atoms with Crippen molar-refractivity contribution in [1.82, 2.24) is 0 Å². The Hall–Kier alpha value is -3.00. The molecular formula is C16H22N6O2. The first-order valence-corrected chi connectivity index (χ1v) is 7.33. The number of nitrogen functional groups attached to an aromatic ring is 4. The number of carbonyl (C=O) groups excluding carboxylic acids is 2. The average molecular weight is 330 g/mol. The summed E-state index contributed by atoms with van der Waals surface area (Å²) < 4.78 is 0. The maximum absolute atomic E-state index is 12.9. The number of hydrogen-bond acceptors (Lipinski definition) is 8. The summed E-state index contributed by atoms with van der Waals surface area (Å²) in [6.07, 6.45) is 2.21. The van der Waals surface area contributed by atoms with Crippen LogP contribution in [-0.2, 0) is 0 Å². The van der Waals surface area contributed by atoms with E-state index in [0.29, 0.717) is 6.42 Å². The molecule has 1 aromatic rings. The molecule has 0 amide bonds. The molecule has 1 unspecified atom stereocenters. The Morgan fingerprint density at radius 1 is 0.875 bits per heavy atom. The lowest BCUT2D eigenvalue weighted by Gasteiger charge is -2.26. The SMILES string of the molecule is CC(C)=CCC(N)C1=C(N)C(=O)c2c(N)c(N)c(N)c(N)c2C1=O. The van der Waals surface area contributed by atoms with E-state index in [4.69, 9.17) is 34.4 Å². The maximum atomic E-state index is 12.9. The number of rotatable bonds is 3. The van der Waals surface area contributed by atoms with Gasteiger partial charge in [0.2, 0.25) is 5.78 Å². The number of hydrogen-bond donors (Lipinski definition) is 6. The van der Waals surface area contributed by atoms with Crippen molar-refractivity contribution in [2.24, 2.45) is 11.5 Å². The van der Waals surface area contributed by atoms with Crippen molar-refractivity contribution in [3.8, 4) is 0 Å². The molecule has 0 saturated heterocycles. The molecule has 1 aliphatic rings. The molecule has 0 saturated carbocycles. The highest BCUT2D eigenvalue weighted by Gasteiger charge is 2.38. The van der Waals surface area contributed by atoms with E-state index >= 15 is 0 Å². The topological polar surface area (TPSA) is 190 Å². The van der Waals surface area contributed by atoms with E-state index in [1.54, 1.807) is 0 Å². The van der Waals surface area contributed by atoms with Crippen LogP contribution in [0.2, 0.25) is 0 Å². The molecule has 8 nitrogen and oxygen atoms in total. The van der Waals surface area contributed by atoms with Gasteiger partial charge in [0.25, 0.3) is 0 Å². The molecule has 1 aliphatic carbocycles. The van der Waals surface area contributed by atoms with Crippen molar-refractivity contribution < 1.29 is 9.59 Å². The molecule has 0 radical (unpaired) electrons. The van der Waals surface area contributed by atoms with Gasteiger partial charge >= 0.3 is 0 Å². The van der Waals surface area contributed by atoms with Gasteiger partial charge in [-0.3, -0.25) is 9.59 Å². The van der Waals surface area contributed by atoms with Crippen molar-refractivity contribution in [3.05, 3.63) is 34.0 Å². The summed E-state index contributed by atoms with van der Waals surface area (Å²) in [5.41, 5.74) is 35.6. The first-order valence-electron chi connectivity index (χ1n) is 7.33. The Morgan fingerprint density at radius 3 is 1.79 bits per heavy atom. The van der Waals surface area contributed by atoms with Gasteiger partial charge in [-0.05, 0) is 20.3 Å². The van der Waals surface area contributed by atoms with Crippen LogP contribution in [0.5, 0.6) is 0 Å². The molecule has 1 atom stereocenters. The minimum atomic E-state index is -0.746. The zero-order chi connectivity index (χ0) is 18.3. The van der Waals surface area contributed by atoms with Gasteiger partial charge in [0.15, 0.2) is 5.78 Å². The molecule has 1 aromatic carbocycles. The maximum Gasteiger partial charge on any atom is 0.212 e. The summed E-state index contributed by atoms with van der Waals surface area (Å²) in [5.74, 6) is -1.17. The lowest BCUT2D eigenvalue weighted by Crippen LogP contribution is -2.37. The van der Waals surface area contributed by atoms with Crippen LogP contribution in [0, 0.1) is 0 Å². The van der Waals surface area contributed by atoms with Crippen molar-refractivity contribution >= 4 is 34.3 Å². The zero-order valence-electron chi connectivity index (χ0n) is 13.6. The Morgan fingerprint density at radius 2 is 1.33 bits per heavy atom. The Labute approximate surface area is 139 Å². The van der Waals surface area contributed by atoms with Crippen LogP contribution in [0.15, 0.2) is 22.9 Å². The molecule has 0 fully saturated rings. The standard InChI is InChI=1S/C16H22N6O2/c1-5(2)3-4-6(17)7-12(20)16(24)9-8(15(7)23)10(18)13(21)14(22)11(9)19/h3,6H,4,17-22H2,1-2H3. The van der Waals surface area contributed by atoms with Gasteiger partial charge in [0, 0.05) is 11.6 Å². The molecular weight excluding hydrogens is 308 g/mol. The van der Waals surface area contributed by atoms with E-state index in [-0.39, 0.29) is 45.1 Å². The summed E-state index contributed by atoms with van der Waals surface area (Å²) in [5, 5.41) is 0. The Balaban J connectivity index is 2.68. The molecule has 0 heterocycles. The normalized spacial score (nSPS) is 15.3. The summed E-state index contributed by atoms with van der Waals surface area (Å²) in [6, 6.07) is -0.746. The van der Waals surface area contributed by atoms with Crippen molar-refractivity contribution in [1.29, 1.82) is 0 Å². The molecule has 2 rings (SSSR count). The second kappa shape index (κ2) is 5.89. The molecule has 0 bridgehead atoms. The summed E-state index contributed by atoms with van der Waals surface area (Å²) in [6.45, 7) is 3.80. The first kappa shape index (κ1) is 17.4. The molecule has 0 spiro atoms. The number of anilines is 4. The van der Waals surface area contributed by atoms with Gasteiger partial charge < -0.3 is 34.4 Å². The fourth-order valence-corrected chi connectivity index (χ4v) is 2.66. The lowest BCUT2D eigenvalue weighted by atomic mass is 9.81. The Bertz CT molecular complexity index is 819. The quantitative estimate of drug-likeness (QED) is 0.336. The van der Waals surface area contributed by atoms with Crippen molar-refractivity contribution in [3.63, 3.8) is 0 Å². The van der Waals surface area contributed by atoms with Crippen LogP contribution in [0.25, 0.3) is 0 Å². The predicted molar refractivity (Wildman–Crippen MR) is 96.0 cm³/mol. The molecule has 0 aromatic heterocycles. The number of fused-ring (bicyclic) bond motifs is 1. The van der Waals surface area contributed by atoms with E-state index in [1.165, 1.54) is 0 Å². The first-order chi connectivity index (χ1) is 11.1. The average Bonchev–Trinajstić information content (AvgIpc) is 2.52. The minimum absolute atomic E-state index is 0.0141. The van der Waals surface area contributed by atoms with Gasteiger partial charge in [0.1, 0.15) is 0 Å². The van der Waals surface area contributed by atoms with Gasteiger partial charge in [0.05, 0.1) is 39.6 Å². The van der Waals surface area contributed by atoms with Crippen LogP contribution in [0.1, 0.15) is 41.0 Å². The summed E-state index contributed by atoms with van der Waals surface area (Å²) in [4.78, 5) is 25.5. The second-order valence-corrected chi connectivity index (χ2v) is 6.01. The predicted octanol–water partition coefficient (Wildman–Crippen LogP) is 0.291. The number of benzene rings is 1. The molecule has 128 valence electrons. The van der Waals surface area contributed by atoms with Crippen molar-refractivity contribution in [2.45, 2.75) is 26.3 Å². The van der Waals surface area contributed by atoms with Crippen LogP contribution >= 0.6 is 0 Å². The number of carbonyl (C=O) groups is 2. The third-order valence-corrected chi connectivity index (χ3v) is 4.04. The highest BCUT2D eigenvalue weighted by Crippen LogP contribution is 2.41. The van der Waals surface area contributed by atoms with Gasteiger partial charge in [-0.2, -0.15) is 0 Å². The zero-order valence-corrected chi connectivity index (χ0v) is 13.6. The minimum Gasteiger partial charge on any atom is -0.396 e. The highest BCUT2D eigenvalue weighted by atomic mass is 16.1. The van der Waals surface area contributed by atoms with E-state index in [1.807, 2.05) is 19.9 Å². The highest BCUT2D eigenvalue weighted by molar-refractivity contribution is 6.32. The largest absolute Gasteiger partial charge is 0.396 e. The number of ketones is 2. The number of Topliss-reactive ketones (excluding diaryl/α,β-unsaturated/α-hetero) is 2. The van der Waals surface area contributed by atoms with Crippen LogP contribution in [0.4, 0.5) is 22.7 Å². The third-order valence-electron chi connectivity index (χ3n) is 4.04. The summed E-state index contributed by atoms with van der Waals surface area (Å²) in [7, 11) is 0. The van der Waals surface area contributed by atoms with Crippen LogP contribution in [0.3, 0.4) is 0 Å².